The van der Waals surface area contributed by atoms with Gasteiger partial charge in [0.15, 0.2) is 0 Å². The fraction of sp³-hybridized carbons (Fsp3) is 0.450. The molecule has 1 aromatic rings. The number of nitrogens with one attached hydrogen (secondary N) is 1. The first-order valence-corrected chi connectivity index (χ1v) is 8.98. The molecule has 4 fully saturated rings. The van der Waals surface area contributed by atoms with Crippen LogP contribution in [0.2, 0.25) is 0 Å². The summed E-state index contributed by atoms with van der Waals surface area (Å²) in [6.45, 7) is 0. The molecule has 3 heterocycles. The number of carbonyl (C=O) groups excluding carboxylic acids is 1. The summed E-state index contributed by atoms with van der Waals surface area (Å²) in [4.78, 5) is 21.2. The van der Waals surface area contributed by atoms with E-state index in [1.54, 1.807) is 18.3 Å². The zero-order valence-corrected chi connectivity index (χ0v) is 13.6. The number of fused-ring (bicyclic) bond motifs is 2. The highest BCUT2D eigenvalue weighted by atomic mass is 16.1. The van der Waals surface area contributed by atoms with E-state index in [1.165, 1.54) is 37.8 Å². The zero-order chi connectivity index (χ0) is 16.1. The Bertz CT molecular complexity index is 778. The van der Waals surface area contributed by atoms with Crippen LogP contribution in [0, 0.1) is 17.8 Å². The Balaban J connectivity index is 1.51. The van der Waals surface area contributed by atoms with Crippen molar-refractivity contribution in [2.45, 2.75) is 38.1 Å². The second kappa shape index (κ2) is 5.40. The highest BCUT2D eigenvalue weighted by molar-refractivity contribution is 6.52. The van der Waals surface area contributed by atoms with Gasteiger partial charge in [-0.15, -0.1) is 0 Å². The van der Waals surface area contributed by atoms with E-state index in [1.807, 2.05) is 18.3 Å². The summed E-state index contributed by atoms with van der Waals surface area (Å²) in [6, 6.07) is 4.39. The molecule has 1 aromatic heterocycles. The normalized spacial score (nSPS) is 36.8. The van der Waals surface area contributed by atoms with Crippen molar-refractivity contribution in [3.63, 3.8) is 0 Å². The van der Waals surface area contributed by atoms with Gasteiger partial charge >= 0.3 is 0 Å². The van der Waals surface area contributed by atoms with Crippen LogP contribution in [-0.4, -0.2) is 22.5 Å². The third kappa shape index (κ3) is 2.32. The van der Waals surface area contributed by atoms with Crippen LogP contribution in [-0.2, 0) is 4.79 Å². The Morgan fingerprint density at radius 1 is 1.12 bits per heavy atom. The molecule has 2 unspecified atom stereocenters. The van der Waals surface area contributed by atoms with Crippen molar-refractivity contribution >= 4 is 17.6 Å². The lowest BCUT2D eigenvalue weighted by Crippen LogP contribution is -2.33. The number of pyridine rings is 1. The minimum Gasteiger partial charge on any atom is -0.384 e. The molecule has 4 nitrogen and oxygen atoms in total. The minimum absolute atomic E-state index is 0.0354. The molecule has 0 radical (unpaired) electrons. The zero-order valence-electron chi connectivity index (χ0n) is 13.6. The van der Waals surface area contributed by atoms with Gasteiger partial charge < -0.3 is 5.32 Å². The second-order valence-corrected chi connectivity index (χ2v) is 7.64. The van der Waals surface area contributed by atoms with Crippen LogP contribution >= 0.6 is 0 Å². The fourth-order valence-electron chi connectivity index (χ4n) is 5.10. The van der Waals surface area contributed by atoms with E-state index >= 15 is 0 Å². The van der Waals surface area contributed by atoms with Crippen LogP contribution in [0.15, 0.2) is 41.3 Å². The number of allylic oxidation sites excluding steroid dienone is 2. The van der Waals surface area contributed by atoms with E-state index in [-0.39, 0.29) is 5.78 Å². The van der Waals surface area contributed by atoms with Crippen molar-refractivity contribution in [2.75, 3.05) is 0 Å². The standard InChI is InChI=1S/C20H21N3O/c24-19-4-3-17-16(2-1-5-21-17)20(19)22-11-18-14-7-12-6-13(8-14)10-15(9-12)23-18/h1-5,11-15,23H,6-10H2/b18-11+,22-20-. The summed E-state index contributed by atoms with van der Waals surface area (Å²) < 4.78 is 0. The van der Waals surface area contributed by atoms with E-state index in [0.29, 0.717) is 17.7 Å². The maximum atomic E-state index is 12.3. The number of rotatable bonds is 1. The summed E-state index contributed by atoms with van der Waals surface area (Å²) in [5, 5.41) is 3.73. The SMILES string of the molecule is O=C1C=Cc2ncccc2/C1=N/C=C1/NC2CC3CC(C2)CC1C3. The number of hydrogen-bond donors (Lipinski definition) is 1. The molecule has 2 saturated carbocycles. The number of hydrogen-bond acceptors (Lipinski definition) is 4. The largest absolute Gasteiger partial charge is 0.384 e. The monoisotopic (exact) mass is 319 g/mol. The first-order chi connectivity index (χ1) is 11.8. The van der Waals surface area contributed by atoms with Gasteiger partial charge in [0.05, 0.1) is 5.69 Å². The van der Waals surface area contributed by atoms with Crippen molar-refractivity contribution in [2.24, 2.45) is 22.7 Å². The molecule has 3 aliphatic carbocycles. The Morgan fingerprint density at radius 2 is 1.96 bits per heavy atom. The highest BCUT2D eigenvalue weighted by Gasteiger charge is 2.41. The molecule has 0 aromatic carbocycles. The molecular formula is C20H21N3O. The molecule has 0 spiro atoms. The van der Waals surface area contributed by atoms with Gasteiger partial charge in [-0.25, -0.2) is 0 Å². The van der Waals surface area contributed by atoms with Gasteiger partial charge in [-0.1, -0.05) is 0 Å². The summed E-state index contributed by atoms with van der Waals surface area (Å²) in [5.41, 5.74) is 3.41. The topological polar surface area (TPSA) is 54.4 Å². The van der Waals surface area contributed by atoms with Gasteiger partial charge in [0.25, 0.3) is 0 Å². The van der Waals surface area contributed by atoms with E-state index in [2.05, 4.69) is 15.3 Å². The highest BCUT2D eigenvalue weighted by Crippen LogP contribution is 2.47. The van der Waals surface area contributed by atoms with Crippen LogP contribution in [0.3, 0.4) is 0 Å². The van der Waals surface area contributed by atoms with Crippen molar-refractivity contribution in [3.8, 4) is 0 Å². The third-order valence-corrected chi connectivity index (χ3v) is 6.00. The molecule has 2 saturated heterocycles. The molecule has 4 heteroatoms. The lowest BCUT2D eigenvalue weighted by Gasteiger charge is -2.37. The van der Waals surface area contributed by atoms with Gasteiger partial charge in [-0.05, 0) is 68.2 Å². The van der Waals surface area contributed by atoms with Crippen molar-refractivity contribution < 1.29 is 4.79 Å². The van der Waals surface area contributed by atoms with Crippen LogP contribution in [0.4, 0.5) is 0 Å². The van der Waals surface area contributed by atoms with Crippen LogP contribution in [0.25, 0.3) is 6.08 Å². The number of aliphatic imine (C=N–C) groups is 1. The molecule has 0 amide bonds. The number of nitrogens with zero attached hydrogens (tertiary/aromatic N) is 2. The van der Waals surface area contributed by atoms with Crippen molar-refractivity contribution in [1.82, 2.24) is 10.3 Å². The predicted octanol–water partition coefficient (Wildman–Crippen LogP) is 3.11. The van der Waals surface area contributed by atoms with Crippen LogP contribution in [0.5, 0.6) is 0 Å². The molecule has 122 valence electrons. The van der Waals surface area contributed by atoms with Gasteiger partial charge in [-0.3, -0.25) is 14.8 Å². The first kappa shape index (κ1) is 14.1. The van der Waals surface area contributed by atoms with Crippen LogP contribution < -0.4 is 5.32 Å². The quantitative estimate of drug-likeness (QED) is 0.865. The summed E-state index contributed by atoms with van der Waals surface area (Å²) >= 11 is 0. The van der Waals surface area contributed by atoms with Gasteiger partial charge in [-0.2, -0.15) is 0 Å². The first-order valence-electron chi connectivity index (χ1n) is 8.98. The lowest BCUT2D eigenvalue weighted by atomic mass is 9.68. The molecule has 1 N–H and O–H groups in total. The molecule has 24 heavy (non-hydrogen) atoms. The second-order valence-electron chi connectivity index (χ2n) is 7.64. The lowest BCUT2D eigenvalue weighted by molar-refractivity contribution is -0.108. The molecule has 5 aliphatic rings. The van der Waals surface area contributed by atoms with E-state index in [4.69, 9.17) is 0 Å². The van der Waals surface area contributed by atoms with Crippen LogP contribution in [0.1, 0.15) is 43.4 Å². The van der Waals surface area contributed by atoms with Crippen molar-refractivity contribution in [1.29, 1.82) is 0 Å². The maximum absolute atomic E-state index is 12.3. The van der Waals surface area contributed by atoms with Gasteiger partial charge in [0.1, 0.15) is 5.71 Å². The third-order valence-electron chi connectivity index (χ3n) is 6.00. The Kier molecular flexibility index (Phi) is 3.18. The predicted molar refractivity (Wildman–Crippen MR) is 93.4 cm³/mol. The molecular weight excluding hydrogens is 298 g/mol. The van der Waals surface area contributed by atoms with Crippen molar-refractivity contribution in [3.05, 3.63) is 47.6 Å². The van der Waals surface area contributed by atoms with E-state index < -0.39 is 0 Å². The van der Waals surface area contributed by atoms with E-state index in [0.717, 1.165) is 23.1 Å². The average molecular weight is 319 g/mol. The minimum atomic E-state index is -0.0354. The molecule has 2 atom stereocenters. The summed E-state index contributed by atoms with van der Waals surface area (Å²) in [7, 11) is 0. The fourth-order valence-corrected chi connectivity index (χ4v) is 5.10. The Labute approximate surface area is 141 Å². The number of aromatic nitrogens is 1. The molecule has 4 bridgehead atoms. The summed E-state index contributed by atoms with van der Waals surface area (Å²) in [6.07, 6.45) is 13.6. The summed E-state index contributed by atoms with van der Waals surface area (Å²) in [5.74, 6) is 2.31. The Hall–Kier alpha value is -2.23. The number of ketones is 1. The van der Waals surface area contributed by atoms with Gasteiger partial charge in [0.2, 0.25) is 5.78 Å². The average Bonchev–Trinajstić information content (AvgIpc) is 2.77. The smallest absolute Gasteiger partial charge is 0.204 e. The van der Waals surface area contributed by atoms with E-state index in [9.17, 15) is 4.79 Å². The maximum Gasteiger partial charge on any atom is 0.204 e. The Morgan fingerprint density at radius 3 is 2.79 bits per heavy atom. The van der Waals surface area contributed by atoms with Gasteiger partial charge in [0, 0.05) is 35.6 Å². The number of carbonyl (C=O) groups is 1. The molecule has 6 rings (SSSR count). The molecule has 2 aliphatic heterocycles.